The van der Waals surface area contributed by atoms with Crippen LogP contribution in [-0.4, -0.2) is 77.8 Å². The summed E-state index contributed by atoms with van der Waals surface area (Å²) in [5.41, 5.74) is -0.0612. The molecule has 2 unspecified atom stereocenters. The number of aliphatic hydroxyl groups excluding tert-OH is 1. The zero-order valence-corrected chi connectivity index (χ0v) is 27.5. The van der Waals surface area contributed by atoms with Crippen molar-refractivity contribution in [1.82, 2.24) is 4.90 Å². The highest BCUT2D eigenvalue weighted by Crippen LogP contribution is 2.64. The Kier molecular flexibility index (Phi) is 9.27. The summed E-state index contributed by atoms with van der Waals surface area (Å²) in [6.07, 6.45) is 4.53. The van der Waals surface area contributed by atoms with E-state index in [1.165, 1.54) is 4.90 Å². The van der Waals surface area contributed by atoms with Gasteiger partial charge in [0.1, 0.15) is 17.4 Å². The van der Waals surface area contributed by atoms with Crippen molar-refractivity contribution in [2.24, 2.45) is 11.8 Å². The van der Waals surface area contributed by atoms with Crippen molar-refractivity contribution in [2.75, 3.05) is 36.6 Å². The summed E-state index contributed by atoms with van der Waals surface area (Å²) in [4.78, 5) is 49.5. The molecule has 0 saturated carbocycles. The average Bonchev–Trinajstić information content (AvgIpc) is 3.69. The molecular weight excluding hydrogens is 606 g/mol. The molecule has 3 aliphatic rings. The van der Waals surface area contributed by atoms with Crippen LogP contribution in [0.5, 0.6) is 5.75 Å². The number of amides is 3. The summed E-state index contributed by atoms with van der Waals surface area (Å²) in [5.74, 6) is -2.11. The Balaban J connectivity index is 1.47. The molecule has 9 heteroatoms. The van der Waals surface area contributed by atoms with Crippen molar-refractivity contribution in [3.05, 3.63) is 116 Å². The summed E-state index contributed by atoms with van der Waals surface area (Å²) in [6.45, 7) is 9.72. The minimum absolute atomic E-state index is 0.174. The predicted octanol–water partition coefficient (Wildman–Crippen LogP) is 4.80. The molecule has 3 saturated heterocycles. The number of nitrogens with zero attached hydrogens (tertiary/aromatic N) is 3. The zero-order valence-electron chi connectivity index (χ0n) is 27.5. The molecule has 1 spiro atoms. The highest BCUT2D eigenvalue weighted by Gasteiger charge is 2.79. The van der Waals surface area contributed by atoms with Crippen LogP contribution >= 0.6 is 0 Å². The molecule has 3 aliphatic heterocycles. The summed E-state index contributed by atoms with van der Waals surface area (Å²) >= 11 is 0. The standard InChI is InChI=1S/C39H43N3O6/c1-5-23-40(28-15-11-8-12-16-28)35(44)32-33-36(45)42(30(26-43)25-27-13-9-7-10-14-27)34(39(33)22-21-38(32,3)48-39)37(46)41(24-6-2)29-17-19-31(47-4)20-18-29/h5-20,30,32-34,43H,1-2,21-26H2,3-4H3/t30-,32-,33+,34?,38+,39?/m1/s1. The number of aliphatic hydroxyl groups is 1. The van der Waals surface area contributed by atoms with E-state index in [2.05, 4.69) is 13.2 Å². The van der Waals surface area contributed by atoms with E-state index in [9.17, 15) is 14.7 Å². The molecule has 0 radical (unpaired) electrons. The molecule has 48 heavy (non-hydrogen) atoms. The lowest BCUT2D eigenvalue weighted by atomic mass is 9.66. The maximum Gasteiger partial charge on any atom is 0.253 e. The molecule has 6 rings (SSSR count). The number of ether oxygens (including phenoxy) is 2. The molecular formula is C39H43N3O6. The first-order valence-corrected chi connectivity index (χ1v) is 16.4. The van der Waals surface area contributed by atoms with Gasteiger partial charge in [0.2, 0.25) is 11.8 Å². The first kappa shape index (κ1) is 33.2. The van der Waals surface area contributed by atoms with E-state index < -0.39 is 35.1 Å². The molecule has 250 valence electrons. The molecule has 6 atom stereocenters. The fourth-order valence-electron chi connectivity index (χ4n) is 8.14. The fourth-order valence-corrected chi connectivity index (χ4v) is 8.14. The lowest BCUT2D eigenvalue weighted by Crippen LogP contribution is -2.59. The number of hydrogen-bond acceptors (Lipinski definition) is 6. The number of rotatable bonds is 13. The quantitative estimate of drug-likeness (QED) is 0.267. The van der Waals surface area contributed by atoms with Gasteiger partial charge in [-0.25, -0.2) is 0 Å². The second-order valence-electron chi connectivity index (χ2n) is 13.0. The van der Waals surface area contributed by atoms with Gasteiger partial charge in [-0.3, -0.25) is 14.4 Å². The van der Waals surface area contributed by atoms with E-state index in [-0.39, 0.29) is 37.4 Å². The number of likely N-dealkylation sites (tertiary alicyclic amines) is 1. The smallest absolute Gasteiger partial charge is 0.253 e. The summed E-state index contributed by atoms with van der Waals surface area (Å²) < 4.78 is 12.3. The van der Waals surface area contributed by atoms with Gasteiger partial charge in [-0.1, -0.05) is 60.7 Å². The van der Waals surface area contributed by atoms with Gasteiger partial charge >= 0.3 is 0 Å². The Hall–Kier alpha value is -4.73. The van der Waals surface area contributed by atoms with Gasteiger partial charge in [0.25, 0.3) is 5.91 Å². The number of carbonyl (C=O) groups excluding carboxylic acids is 3. The van der Waals surface area contributed by atoms with E-state index in [0.29, 0.717) is 36.4 Å². The Morgan fingerprint density at radius 2 is 1.52 bits per heavy atom. The van der Waals surface area contributed by atoms with E-state index in [1.807, 2.05) is 67.6 Å². The molecule has 3 fully saturated rings. The number of para-hydroxylation sites is 1. The Labute approximate surface area is 282 Å². The monoisotopic (exact) mass is 649 g/mol. The molecule has 3 aromatic rings. The van der Waals surface area contributed by atoms with Crippen molar-refractivity contribution in [2.45, 2.75) is 49.5 Å². The van der Waals surface area contributed by atoms with Crippen LogP contribution in [0.3, 0.4) is 0 Å². The number of carbonyl (C=O) groups is 3. The lowest BCUT2D eigenvalue weighted by molar-refractivity contribution is -0.148. The molecule has 9 nitrogen and oxygen atoms in total. The third-order valence-electron chi connectivity index (χ3n) is 10.2. The summed E-state index contributed by atoms with van der Waals surface area (Å²) in [5, 5.41) is 10.9. The van der Waals surface area contributed by atoms with E-state index in [4.69, 9.17) is 9.47 Å². The number of hydrogen-bond donors (Lipinski definition) is 1. The Morgan fingerprint density at radius 1 is 0.938 bits per heavy atom. The molecule has 2 bridgehead atoms. The van der Waals surface area contributed by atoms with Crippen LogP contribution in [-0.2, 0) is 25.5 Å². The summed E-state index contributed by atoms with van der Waals surface area (Å²) in [6, 6.07) is 24.2. The van der Waals surface area contributed by atoms with Gasteiger partial charge in [0, 0.05) is 24.5 Å². The third kappa shape index (κ3) is 5.50. The van der Waals surface area contributed by atoms with E-state index >= 15 is 4.79 Å². The maximum atomic E-state index is 15.1. The van der Waals surface area contributed by atoms with E-state index in [0.717, 1.165) is 5.56 Å². The minimum atomic E-state index is -1.28. The van der Waals surface area contributed by atoms with Gasteiger partial charge in [0.05, 0.1) is 37.2 Å². The van der Waals surface area contributed by atoms with Crippen LogP contribution in [0, 0.1) is 11.8 Å². The van der Waals surface area contributed by atoms with Crippen LogP contribution in [0.1, 0.15) is 25.3 Å². The number of methoxy groups -OCH3 is 1. The fraction of sp³-hybridized carbons (Fsp3) is 0.359. The van der Waals surface area contributed by atoms with Crippen LogP contribution in [0.4, 0.5) is 11.4 Å². The lowest BCUT2D eigenvalue weighted by Gasteiger charge is -2.39. The number of benzene rings is 3. The van der Waals surface area contributed by atoms with Gasteiger partial charge < -0.3 is 29.3 Å². The first-order chi connectivity index (χ1) is 23.2. The van der Waals surface area contributed by atoms with Gasteiger partial charge in [-0.2, -0.15) is 0 Å². The SMILES string of the molecule is C=CCN(C(=O)C1N([C@@H](CO)Cc2ccccc2)C(=O)[C@@H]2[C@H](C(=O)N(CC=C)c3ccccc3)[C@]3(C)CCC12O3)c1ccc(OC)cc1. The molecule has 0 aromatic heterocycles. The minimum Gasteiger partial charge on any atom is -0.497 e. The summed E-state index contributed by atoms with van der Waals surface area (Å²) in [7, 11) is 1.57. The highest BCUT2D eigenvalue weighted by molar-refractivity contribution is 6.07. The predicted molar refractivity (Wildman–Crippen MR) is 185 cm³/mol. The van der Waals surface area contributed by atoms with Crippen molar-refractivity contribution >= 4 is 29.1 Å². The van der Waals surface area contributed by atoms with Crippen LogP contribution < -0.4 is 14.5 Å². The number of fused-ring (bicyclic) bond motifs is 1. The van der Waals surface area contributed by atoms with Crippen molar-refractivity contribution in [1.29, 1.82) is 0 Å². The number of anilines is 2. The second kappa shape index (κ2) is 13.4. The van der Waals surface area contributed by atoms with Gasteiger partial charge in [-0.05, 0) is 68.1 Å². The topological polar surface area (TPSA) is 99.6 Å². The van der Waals surface area contributed by atoms with E-state index in [1.54, 1.807) is 53.3 Å². The zero-order chi connectivity index (χ0) is 34.1. The van der Waals surface area contributed by atoms with Gasteiger partial charge in [0.15, 0.2) is 0 Å². The molecule has 3 aromatic carbocycles. The molecule has 0 aliphatic carbocycles. The largest absolute Gasteiger partial charge is 0.497 e. The normalized spacial score (nSPS) is 26.1. The molecule has 1 N–H and O–H groups in total. The second-order valence-corrected chi connectivity index (χ2v) is 13.0. The van der Waals surface area contributed by atoms with Crippen LogP contribution in [0.15, 0.2) is 110 Å². The molecule has 3 heterocycles. The van der Waals surface area contributed by atoms with Crippen molar-refractivity contribution in [3.8, 4) is 5.75 Å². The Bertz CT molecular complexity index is 1660. The average molecular weight is 650 g/mol. The third-order valence-corrected chi connectivity index (χ3v) is 10.2. The maximum absolute atomic E-state index is 15.1. The van der Waals surface area contributed by atoms with Crippen LogP contribution in [0.2, 0.25) is 0 Å². The molecule has 3 amide bonds. The van der Waals surface area contributed by atoms with Crippen molar-refractivity contribution in [3.63, 3.8) is 0 Å². The highest BCUT2D eigenvalue weighted by atomic mass is 16.5. The van der Waals surface area contributed by atoms with Crippen LogP contribution in [0.25, 0.3) is 0 Å². The Morgan fingerprint density at radius 3 is 2.10 bits per heavy atom. The van der Waals surface area contributed by atoms with Crippen molar-refractivity contribution < 1.29 is 29.0 Å². The first-order valence-electron chi connectivity index (χ1n) is 16.4. The van der Waals surface area contributed by atoms with Gasteiger partial charge in [-0.15, -0.1) is 13.2 Å².